The molecule has 0 saturated heterocycles. The molecule has 0 unspecified atom stereocenters. The summed E-state index contributed by atoms with van der Waals surface area (Å²) in [6.45, 7) is 10.2. The Labute approximate surface area is 86.2 Å². The smallest absolute Gasteiger partial charge is 0.0448 e. The molecular formula is C13H17N. The summed E-state index contributed by atoms with van der Waals surface area (Å²) >= 11 is 0. The SMILES string of the molecule is C=C(/N=C(\C)c1ccccc1)C(C)C. The fourth-order valence-corrected chi connectivity index (χ4v) is 1.09. The number of benzene rings is 1. The minimum absolute atomic E-state index is 0.411. The molecule has 0 spiro atoms. The molecule has 1 aromatic rings. The Morgan fingerprint density at radius 1 is 1.21 bits per heavy atom. The molecule has 1 rings (SSSR count). The fraction of sp³-hybridized carbons (Fsp3) is 0.308. The molecule has 0 N–H and O–H groups in total. The summed E-state index contributed by atoms with van der Waals surface area (Å²) in [5.41, 5.74) is 3.13. The second-order valence-electron chi connectivity index (χ2n) is 3.71. The molecule has 0 bridgehead atoms. The Morgan fingerprint density at radius 3 is 2.29 bits per heavy atom. The number of nitrogens with zero attached hydrogens (tertiary/aromatic N) is 1. The predicted molar refractivity (Wildman–Crippen MR) is 62.6 cm³/mol. The first-order valence-electron chi connectivity index (χ1n) is 4.90. The molecule has 74 valence electrons. The van der Waals surface area contributed by atoms with Gasteiger partial charge in [-0.05, 0) is 18.4 Å². The maximum absolute atomic E-state index is 4.47. The summed E-state index contributed by atoms with van der Waals surface area (Å²) in [4.78, 5) is 4.47. The molecule has 0 atom stereocenters. The summed E-state index contributed by atoms with van der Waals surface area (Å²) < 4.78 is 0. The summed E-state index contributed by atoms with van der Waals surface area (Å²) in [5.74, 6) is 0.411. The lowest BCUT2D eigenvalue weighted by Gasteiger charge is -2.05. The van der Waals surface area contributed by atoms with Gasteiger partial charge in [-0.1, -0.05) is 50.8 Å². The van der Waals surface area contributed by atoms with E-state index in [0.29, 0.717) is 5.92 Å². The molecule has 0 aliphatic carbocycles. The predicted octanol–water partition coefficient (Wildman–Crippen LogP) is 3.67. The van der Waals surface area contributed by atoms with Crippen molar-refractivity contribution in [1.82, 2.24) is 0 Å². The zero-order valence-electron chi connectivity index (χ0n) is 9.12. The summed E-state index contributed by atoms with van der Waals surface area (Å²) in [7, 11) is 0. The van der Waals surface area contributed by atoms with Crippen LogP contribution < -0.4 is 0 Å². The average molecular weight is 187 g/mol. The lowest BCUT2D eigenvalue weighted by atomic mass is 10.1. The highest BCUT2D eigenvalue weighted by Crippen LogP contribution is 2.10. The van der Waals surface area contributed by atoms with E-state index in [4.69, 9.17) is 0 Å². The molecule has 1 heteroatoms. The number of rotatable bonds is 3. The van der Waals surface area contributed by atoms with Gasteiger partial charge in [0.1, 0.15) is 0 Å². The van der Waals surface area contributed by atoms with Gasteiger partial charge in [-0.2, -0.15) is 0 Å². The van der Waals surface area contributed by atoms with Gasteiger partial charge in [-0.3, -0.25) is 4.99 Å². The Morgan fingerprint density at radius 2 is 1.79 bits per heavy atom. The zero-order valence-corrected chi connectivity index (χ0v) is 9.12. The topological polar surface area (TPSA) is 12.4 Å². The molecule has 1 nitrogen and oxygen atoms in total. The van der Waals surface area contributed by atoms with E-state index in [9.17, 15) is 0 Å². The Kier molecular flexibility index (Phi) is 3.63. The van der Waals surface area contributed by atoms with Gasteiger partial charge < -0.3 is 0 Å². The molecule has 0 aliphatic rings. The first kappa shape index (κ1) is 10.7. The molecule has 14 heavy (non-hydrogen) atoms. The van der Waals surface area contributed by atoms with Gasteiger partial charge >= 0.3 is 0 Å². The molecule has 0 heterocycles. The monoisotopic (exact) mass is 187 g/mol. The van der Waals surface area contributed by atoms with Crippen LogP contribution in [0.2, 0.25) is 0 Å². The van der Waals surface area contributed by atoms with Crippen LogP contribution in [-0.2, 0) is 0 Å². The number of aliphatic imine (C=N–C) groups is 1. The second kappa shape index (κ2) is 4.75. The third-order valence-electron chi connectivity index (χ3n) is 2.17. The first-order valence-corrected chi connectivity index (χ1v) is 4.90. The number of allylic oxidation sites excluding steroid dienone is 1. The van der Waals surface area contributed by atoms with Crippen LogP contribution in [0.4, 0.5) is 0 Å². The first-order chi connectivity index (χ1) is 6.61. The van der Waals surface area contributed by atoms with Crippen LogP contribution in [0.3, 0.4) is 0 Å². The highest BCUT2D eigenvalue weighted by molar-refractivity contribution is 5.99. The third kappa shape index (κ3) is 2.84. The highest BCUT2D eigenvalue weighted by Gasteiger charge is 2.00. The van der Waals surface area contributed by atoms with E-state index in [1.807, 2.05) is 25.1 Å². The minimum Gasteiger partial charge on any atom is -0.258 e. The Bertz CT molecular complexity index is 334. The van der Waals surface area contributed by atoms with Gasteiger partial charge in [0.2, 0.25) is 0 Å². The maximum atomic E-state index is 4.47. The van der Waals surface area contributed by atoms with Crippen molar-refractivity contribution in [2.24, 2.45) is 10.9 Å². The number of hydrogen-bond acceptors (Lipinski definition) is 1. The summed E-state index contributed by atoms with van der Waals surface area (Å²) in [5, 5.41) is 0. The normalized spacial score (nSPS) is 11.9. The lowest BCUT2D eigenvalue weighted by Crippen LogP contribution is -1.97. The summed E-state index contributed by atoms with van der Waals surface area (Å²) in [6.07, 6.45) is 0. The Hall–Kier alpha value is -1.37. The van der Waals surface area contributed by atoms with E-state index in [2.05, 4.69) is 37.6 Å². The van der Waals surface area contributed by atoms with Crippen molar-refractivity contribution in [3.8, 4) is 0 Å². The molecular weight excluding hydrogens is 170 g/mol. The Balaban J connectivity index is 2.85. The molecule has 1 aromatic carbocycles. The van der Waals surface area contributed by atoms with E-state index in [0.717, 1.165) is 17.0 Å². The van der Waals surface area contributed by atoms with Gasteiger partial charge in [-0.25, -0.2) is 0 Å². The van der Waals surface area contributed by atoms with Crippen molar-refractivity contribution < 1.29 is 0 Å². The molecule has 0 saturated carbocycles. The van der Waals surface area contributed by atoms with Crippen LogP contribution >= 0.6 is 0 Å². The molecule has 0 fully saturated rings. The maximum Gasteiger partial charge on any atom is 0.0448 e. The average Bonchev–Trinajstić information content (AvgIpc) is 2.19. The van der Waals surface area contributed by atoms with Crippen LogP contribution in [-0.4, -0.2) is 5.71 Å². The van der Waals surface area contributed by atoms with Crippen LogP contribution in [0, 0.1) is 5.92 Å². The van der Waals surface area contributed by atoms with Crippen molar-refractivity contribution in [2.45, 2.75) is 20.8 Å². The van der Waals surface area contributed by atoms with E-state index < -0.39 is 0 Å². The largest absolute Gasteiger partial charge is 0.258 e. The van der Waals surface area contributed by atoms with Crippen LogP contribution in [0.5, 0.6) is 0 Å². The van der Waals surface area contributed by atoms with Crippen LogP contribution in [0.1, 0.15) is 26.3 Å². The van der Waals surface area contributed by atoms with Gasteiger partial charge in [0, 0.05) is 11.4 Å². The standard InChI is InChI=1S/C13H17N/c1-10(2)11(3)14-12(4)13-8-6-5-7-9-13/h5-10H,3H2,1-2,4H3/b14-12+. The second-order valence-corrected chi connectivity index (χ2v) is 3.71. The van der Waals surface area contributed by atoms with Crippen LogP contribution in [0.15, 0.2) is 47.6 Å². The van der Waals surface area contributed by atoms with Gasteiger partial charge in [0.15, 0.2) is 0 Å². The van der Waals surface area contributed by atoms with E-state index in [1.54, 1.807) is 0 Å². The quantitative estimate of drug-likeness (QED) is 0.640. The van der Waals surface area contributed by atoms with Gasteiger partial charge in [-0.15, -0.1) is 0 Å². The molecule has 0 radical (unpaired) electrons. The van der Waals surface area contributed by atoms with Crippen molar-refractivity contribution in [3.63, 3.8) is 0 Å². The van der Waals surface area contributed by atoms with Crippen LogP contribution in [0.25, 0.3) is 0 Å². The van der Waals surface area contributed by atoms with Crippen molar-refractivity contribution in [1.29, 1.82) is 0 Å². The van der Waals surface area contributed by atoms with Crippen molar-refractivity contribution in [2.75, 3.05) is 0 Å². The van der Waals surface area contributed by atoms with Crippen molar-refractivity contribution in [3.05, 3.63) is 48.2 Å². The summed E-state index contributed by atoms with van der Waals surface area (Å²) in [6, 6.07) is 10.2. The molecule has 0 aromatic heterocycles. The van der Waals surface area contributed by atoms with E-state index in [-0.39, 0.29) is 0 Å². The third-order valence-corrected chi connectivity index (χ3v) is 2.17. The highest BCUT2D eigenvalue weighted by atomic mass is 14.8. The van der Waals surface area contributed by atoms with Gasteiger partial charge in [0.25, 0.3) is 0 Å². The fourth-order valence-electron chi connectivity index (χ4n) is 1.09. The lowest BCUT2D eigenvalue weighted by molar-refractivity contribution is 0.762. The molecule has 0 amide bonds. The molecule has 0 aliphatic heterocycles. The number of hydrogen-bond donors (Lipinski definition) is 0. The van der Waals surface area contributed by atoms with Crippen molar-refractivity contribution >= 4 is 5.71 Å². The minimum atomic E-state index is 0.411. The van der Waals surface area contributed by atoms with Gasteiger partial charge in [0.05, 0.1) is 0 Å². The van der Waals surface area contributed by atoms with E-state index >= 15 is 0 Å². The zero-order chi connectivity index (χ0) is 10.6. The van der Waals surface area contributed by atoms with E-state index in [1.165, 1.54) is 0 Å².